The number of furan rings is 1. The van der Waals surface area contributed by atoms with Crippen molar-refractivity contribution < 1.29 is 29.3 Å². The van der Waals surface area contributed by atoms with Crippen molar-refractivity contribution in [3.05, 3.63) is 75.0 Å². The van der Waals surface area contributed by atoms with Gasteiger partial charge in [-0.15, -0.1) is 0 Å². The fourth-order valence-electron chi connectivity index (χ4n) is 9.06. The number of hydrogen-bond acceptors (Lipinski definition) is 8. The number of fused-ring (bicyclic) bond motifs is 2. The number of amides is 1. The van der Waals surface area contributed by atoms with E-state index in [1.807, 2.05) is 38.1 Å². The second kappa shape index (κ2) is 9.34. The molecular weight excluding hydrogens is 546 g/mol. The number of carbonyl (C=O) groups excluding carboxylic acids is 2. The van der Waals surface area contributed by atoms with Gasteiger partial charge in [0.25, 0.3) is 5.91 Å². The number of likely N-dealkylation sites (tertiary alicyclic amines) is 1. The molecule has 4 aliphatic carbocycles. The summed E-state index contributed by atoms with van der Waals surface area (Å²) in [6, 6.07) is 5.68. The van der Waals surface area contributed by atoms with Crippen LogP contribution in [0.5, 0.6) is 5.75 Å². The largest absolute Gasteiger partial charge is 0.511 e. The number of aliphatic hydroxyl groups is 2. The maximum absolute atomic E-state index is 14.3. The Balaban J connectivity index is 1.34. The molecule has 1 amide bonds. The van der Waals surface area contributed by atoms with Crippen LogP contribution in [0.25, 0.3) is 11.3 Å². The number of rotatable bonds is 5. The molecule has 0 saturated carbocycles. The molecule has 9 nitrogen and oxygen atoms in total. The van der Waals surface area contributed by atoms with Gasteiger partial charge in [-0.25, -0.2) is 0 Å². The van der Waals surface area contributed by atoms with E-state index in [0.717, 1.165) is 36.1 Å². The molecule has 0 bridgehead atoms. The lowest BCUT2D eigenvalue weighted by molar-refractivity contribution is -0.114. The number of Topliss-reactive ketones (excluding diaryl/α,β-unsaturated/α-hetero) is 1. The number of likely N-dealkylation sites (N-methyl/N-ethyl adjacent to an activating group) is 1. The molecule has 1 saturated heterocycles. The van der Waals surface area contributed by atoms with Crippen LogP contribution in [0, 0.1) is 17.3 Å². The molecule has 1 spiro atoms. The molecule has 1 aromatic heterocycles. The Morgan fingerprint density at radius 3 is 2.49 bits per heavy atom. The van der Waals surface area contributed by atoms with Crippen LogP contribution < -0.4 is 5.73 Å². The van der Waals surface area contributed by atoms with Crippen LogP contribution in [0.3, 0.4) is 0 Å². The first-order valence-corrected chi connectivity index (χ1v) is 15.2. The van der Waals surface area contributed by atoms with Crippen molar-refractivity contribution in [1.82, 2.24) is 9.80 Å². The second-order valence-corrected chi connectivity index (χ2v) is 13.4. The van der Waals surface area contributed by atoms with E-state index in [1.54, 1.807) is 6.26 Å². The van der Waals surface area contributed by atoms with E-state index in [9.17, 15) is 24.9 Å². The summed E-state index contributed by atoms with van der Waals surface area (Å²) in [5.74, 6) is -1.45. The molecule has 0 unspecified atom stereocenters. The number of nitrogens with two attached hydrogens (primary N) is 1. The molecule has 9 heteroatoms. The standard InChI is InChI=1S/C34H39N3O6/c1-15-6-7-16(2)37(15)14-18-10-11-43-31(18)20-8-9-23(38)25-21(20)12-19-13-22-28(36(4)5)30(40)26(33(35)42)27-17(3)34(22,27)32(41)24(19)29(25)39/h8-11,15-16,19,22,28,38,40-41H,6-7,12-14H2,1-5H3,(H2,35,42)/t15-,16-,19+,22+,28+,34+/m1/s1. The van der Waals surface area contributed by atoms with Gasteiger partial charge in [-0.2, -0.15) is 0 Å². The summed E-state index contributed by atoms with van der Waals surface area (Å²) in [5, 5.41) is 34.3. The van der Waals surface area contributed by atoms with E-state index < -0.39 is 23.1 Å². The maximum atomic E-state index is 14.3. The van der Waals surface area contributed by atoms with Gasteiger partial charge < -0.3 is 25.5 Å². The predicted octanol–water partition coefficient (Wildman–Crippen LogP) is 4.77. The van der Waals surface area contributed by atoms with E-state index in [-0.39, 0.29) is 45.8 Å². The van der Waals surface area contributed by atoms with Gasteiger partial charge in [0, 0.05) is 41.2 Å². The zero-order valence-electron chi connectivity index (χ0n) is 25.3. The zero-order chi connectivity index (χ0) is 30.7. The molecule has 7 rings (SSSR count). The summed E-state index contributed by atoms with van der Waals surface area (Å²) in [7, 11) is 3.65. The van der Waals surface area contributed by atoms with E-state index in [2.05, 4.69) is 18.7 Å². The average Bonchev–Trinajstić information content (AvgIpc) is 3.19. The molecule has 0 radical (unpaired) electrons. The fraction of sp³-hybridized carbons (Fsp3) is 0.471. The molecule has 5 aliphatic rings. The number of benzene rings is 1. The Bertz CT molecular complexity index is 1680. The molecule has 1 aromatic carbocycles. The quantitative estimate of drug-likeness (QED) is 0.393. The molecule has 6 atom stereocenters. The number of hydrogen-bond donors (Lipinski definition) is 4. The average molecular weight is 586 g/mol. The Hall–Kier alpha value is -3.82. The number of nitrogens with zero attached hydrogens (tertiary/aromatic N) is 2. The SMILES string of the molecule is CC1=C2C(C(N)=O)=C(O)[C@@H](N(C)C)[C@@H]3C[C@@H]4Cc5c(-c6occc6CN6[C@H](C)CC[C@H]6C)ccc(O)c5C(=O)C4=C(O)[C@]123. The van der Waals surface area contributed by atoms with Crippen molar-refractivity contribution in [2.75, 3.05) is 14.1 Å². The van der Waals surface area contributed by atoms with Crippen molar-refractivity contribution in [1.29, 1.82) is 0 Å². The predicted molar refractivity (Wildman–Crippen MR) is 160 cm³/mol. The van der Waals surface area contributed by atoms with E-state index in [1.165, 1.54) is 6.07 Å². The van der Waals surface area contributed by atoms with Crippen LogP contribution in [0.2, 0.25) is 0 Å². The minimum absolute atomic E-state index is 0.0267. The number of carbonyl (C=O) groups is 2. The third-order valence-corrected chi connectivity index (χ3v) is 11.1. The Morgan fingerprint density at radius 1 is 1.14 bits per heavy atom. The van der Waals surface area contributed by atoms with Crippen molar-refractivity contribution in [2.24, 2.45) is 23.0 Å². The topological polar surface area (TPSA) is 140 Å². The minimum Gasteiger partial charge on any atom is -0.511 e. The zero-order valence-corrected chi connectivity index (χ0v) is 25.3. The molecular formula is C34H39N3O6. The van der Waals surface area contributed by atoms with Crippen LogP contribution in [-0.4, -0.2) is 69.0 Å². The smallest absolute Gasteiger partial charge is 0.252 e. The van der Waals surface area contributed by atoms with E-state index >= 15 is 0 Å². The van der Waals surface area contributed by atoms with Gasteiger partial charge in [-0.1, -0.05) is 0 Å². The molecule has 1 aliphatic heterocycles. The first-order valence-electron chi connectivity index (χ1n) is 15.2. The Morgan fingerprint density at radius 2 is 1.84 bits per heavy atom. The summed E-state index contributed by atoms with van der Waals surface area (Å²) >= 11 is 0. The number of ketones is 1. The monoisotopic (exact) mass is 585 g/mol. The van der Waals surface area contributed by atoms with Crippen molar-refractivity contribution in [3.8, 4) is 17.1 Å². The van der Waals surface area contributed by atoms with Crippen LogP contribution in [0.1, 0.15) is 61.5 Å². The summed E-state index contributed by atoms with van der Waals surface area (Å²) < 4.78 is 6.07. The highest BCUT2D eigenvalue weighted by molar-refractivity contribution is 6.15. The first kappa shape index (κ1) is 28.0. The van der Waals surface area contributed by atoms with Gasteiger partial charge in [0.15, 0.2) is 5.78 Å². The number of primary amides is 1. The molecule has 2 heterocycles. The molecule has 5 N–H and O–H groups in total. The summed E-state index contributed by atoms with van der Waals surface area (Å²) in [6.07, 6.45) is 4.88. The highest BCUT2D eigenvalue weighted by Crippen LogP contribution is 2.72. The van der Waals surface area contributed by atoms with Crippen LogP contribution in [0.15, 0.2) is 62.7 Å². The first-order chi connectivity index (χ1) is 20.4. The lowest BCUT2D eigenvalue weighted by atomic mass is 9.58. The maximum Gasteiger partial charge on any atom is 0.252 e. The van der Waals surface area contributed by atoms with Crippen molar-refractivity contribution >= 4 is 11.7 Å². The second-order valence-electron chi connectivity index (χ2n) is 13.4. The van der Waals surface area contributed by atoms with Gasteiger partial charge in [0.05, 0.1) is 28.9 Å². The number of aliphatic hydroxyl groups excluding tert-OH is 2. The molecule has 43 heavy (non-hydrogen) atoms. The van der Waals surface area contributed by atoms with Gasteiger partial charge in [0.1, 0.15) is 23.0 Å². The van der Waals surface area contributed by atoms with Crippen LogP contribution in [0.4, 0.5) is 0 Å². The molecule has 1 fully saturated rings. The normalized spacial score (nSPS) is 31.8. The van der Waals surface area contributed by atoms with Crippen molar-refractivity contribution in [2.45, 2.75) is 71.1 Å². The van der Waals surface area contributed by atoms with Crippen LogP contribution >= 0.6 is 0 Å². The molecule has 2 aromatic rings. The van der Waals surface area contributed by atoms with Crippen molar-refractivity contribution in [3.63, 3.8) is 0 Å². The van der Waals surface area contributed by atoms with Gasteiger partial charge >= 0.3 is 0 Å². The number of aromatic hydroxyl groups is 1. The number of phenols is 1. The Labute approximate surface area is 251 Å². The molecule has 226 valence electrons. The summed E-state index contributed by atoms with van der Waals surface area (Å²) in [6.45, 7) is 7.04. The van der Waals surface area contributed by atoms with Gasteiger partial charge in [-0.3, -0.25) is 19.4 Å². The fourth-order valence-corrected chi connectivity index (χ4v) is 9.06. The van der Waals surface area contributed by atoms with E-state index in [0.29, 0.717) is 41.8 Å². The van der Waals surface area contributed by atoms with E-state index in [4.69, 9.17) is 10.2 Å². The lowest BCUT2D eigenvalue weighted by Gasteiger charge is -2.48. The Kier molecular flexibility index (Phi) is 6.08. The summed E-state index contributed by atoms with van der Waals surface area (Å²) in [4.78, 5) is 31.1. The van der Waals surface area contributed by atoms with Gasteiger partial charge in [-0.05, 0) is 101 Å². The lowest BCUT2D eigenvalue weighted by Crippen LogP contribution is -2.51. The highest BCUT2D eigenvalue weighted by Gasteiger charge is 2.70. The van der Waals surface area contributed by atoms with Gasteiger partial charge in [0.2, 0.25) is 0 Å². The summed E-state index contributed by atoms with van der Waals surface area (Å²) in [5.41, 5.74) is 8.95. The highest BCUT2D eigenvalue weighted by atomic mass is 16.3. The third kappa shape index (κ3) is 3.58. The van der Waals surface area contributed by atoms with Crippen LogP contribution in [-0.2, 0) is 17.8 Å². The third-order valence-electron chi connectivity index (χ3n) is 11.1. The minimum atomic E-state index is -1.03. The number of phenolic OH excluding ortho intramolecular Hbond substituents is 1. The number of allylic oxidation sites excluding steroid dienone is 2.